The molecule has 0 aliphatic rings. The van der Waals surface area contributed by atoms with Gasteiger partial charge in [0.25, 0.3) is 0 Å². The van der Waals surface area contributed by atoms with Gasteiger partial charge in [-0.05, 0) is 50.1 Å². The molecule has 0 heterocycles. The van der Waals surface area contributed by atoms with Crippen molar-refractivity contribution in [1.82, 2.24) is 0 Å². The van der Waals surface area contributed by atoms with Crippen LogP contribution in [0.15, 0.2) is 36.4 Å². The lowest BCUT2D eigenvalue weighted by Gasteiger charge is -2.10. The third-order valence-electron chi connectivity index (χ3n) is 3.28. The van der Waals surface area contributed by atoms with E-state index in [4.69, 9.17) is 27.9 Å². The average Bonchev–Trinajstić information content (AvgIpc) is 2.44. The van der Waals surface area contributed by atoms with E-state index in [0.29, 0.717) is 35.2 Å². The van der Waals surface area contributed by atoms with Crippen LogP contribution in [0.3, 0.4) is 0 Å². The fourth-order valence-electron chi connectivity index (χ4n) is 2.23. The van der Waals surface area contributed by atoms with E-state index in [-0.39, 0.29) is 5.91 Å². The third-order valence-corrected chi connectivity index (χ3v) is 3.72. The summed E-state index contributed by atoms with van der Waals surface area (Å²) >= 11 is 11.8. The summed E-state index contributed by atoms with van der Waals surface area (Å²) in [6.45, 7) is 4.55. The van der Waals surface area contributed by atoms with Crippen LogP contribution in [0.1, 0.15) is 24.0 Å². The molecule has 0 aliphatic carbocycles. The molecule has 0 spiro atoms. The summed E-state index contributed by atoms with van der Waals surface area (Å²) in [5, 5.41) is 3.76. The molecule has 0 radical (unpaired) electrons. The van der Waals surface area contributed by atoms with Crippen molar-refractivity contribution < 1.29 is 9.53 Å². The highest BCUT2D eigenvalue weighted by molar-refractivity contribution is 6.35. The Balaban J connectivity index is 1.76. The number of anilines is 1. The minimum absolute atomic E-state index is 0.0902. The highest BCUT2D eigenvalue weighted by Crippen LogP contribution is 2.23. The Morgan fingerprint density at radius 2 is 1.78 bits per heavy atom. The maximum Gasteiger partial charge on any atom is 0.224 e. The second kappa shape index (κ2) is 8.23. The van der Waals surface area contributed by atoms with Gasteiger partial charge in [-0.2, -0.15) is 0 Å². The fraction of sp³-hybridized carbons (Fsp3) is 0.278. The van der Waals surface area contributed by atoms with Crippen molar-refractivity contribution >= 4 is 34.8 Å². The maximum atomic E-state index is 11.9. The van der Waals surface area contributed by atoms with E-state index in [0.717, 1.165) is 11.3 Å². The number of ether oxygens (including phenoxy) is 1. The molecule has 0 unspecified atom stereocenters. The van der Waals surface area contributed by atoms with E-state index in [2.05, 4.69) is 11.4 Å². The summed E-state index contributed by atoms with van der Waals surface area (Å²) in [4.78, 5) is 11.9. The molecule has 0 aromatic heterocycles. The van der Waals surface area contributed by atoms with Crippen molar-refractivity contribution in [3.05, 3.63) is 57.6 Å². The fourth-order valence-corrected chi connectivity index (χ4v) is 2.75. The van der Waals surface area contributed by atoms with Gasteiger partial charge < -0.3 is 10.1 Å². The molecule has 3 nitrogen and oxygen atoms in total. The van der Waals surface area contributed by atoms with E-state index >= 15 is 0 Å². The Morgan fingerprint density at radius 1 is 1.09 bits per heavy atom. The largest absolute Gasteiger partial charge is 0.493 e. The van der Waals surface area contributed by atoms with Gasteiger partial charge in [0.05, 0.1) is 6.61 Å². The van der Waals surface area contributed by atoms with E-state index in [1.54, 1.807) is 18.2 Å². The summed E-state index contributed by atoms with van der Waals surface area (Å²) in [5.41, 5.74) is 2.90. The van der Waals surface area contributed by atoms with Gasteiger partial charge in [-0.15, -0.1) is 0 Å². The van der Waals surface area contributed by atoms with Crippen LogP contribution in [-0.4, -0.2) is 12.5 Å². The SMILES string of the molecule is Cc1ccc(OCCCC(=O)Nc2cc(Cl)cc(Cl)c2)c(C)c1. The Morgan fingerprint density at radius 3 is 2.43 bits per heavy atom. The molecule has 1 N–H and O–H groups in total. The molecule has 0 fully saturated rings. The predicted octanol–water partition coefficient (Wildman–Crippen LogP) is 5.41. The number of amides is 1. The van der Waals surface area contributed by atoms with E-state index in [1.165, 1.54) is 5.56 Å². The van der Waals surface area contributed by atoms with Crippen LogP contribution >= 0.6 is 23.2 Å². The summed E-state index contributed by atoms with van der Waals surface area (Å²) in [7, 11) is 0. The first-order chi connectivity index (χ1) is 10.9. The number of halogens is 2. The number of hydrogen-bond donors (Lipinski definition) is 1. The second-order valence-electron chi connectivity index (χ2n) is 5.43. The van der Waals surface area contributed by atoms with Crippen molar-refractivity contribution in [3.8, 4) is 5.75 Å². The lowest BCUT2D eigenvalue weighted by molar-refractivity contribution is -0.116. The zero-order valence-electron chi connectivity index (χ0n) is 13.2. The molecule has 0 aliphatic heterocycles. The first kappa shape index (κ1) is 17.6. The first-order valence-corrected chi connectivity index (χ1v) is 8.15. The summed E-state index contributed by atoms with van der Waals surface area (Å²) < 4.78 is 5.71. The predicted molar refractivity (Wildman–Crippen MR) is 95.7 cm³/mol. The van der Waals surface area contributed by atoms with Crippen LogP contribution < -0.4 is 10.1 Å². The van der Waals surface area contributed by atoms with Crippen LogP contribution in [0.2, 0.25) is 10.0 Å². The highest BCUT2D eigenvalue weighted by Gasteiger charge is 2.05. The number of rotatable bonds is 6. The Bertz CT molecular complexity index is 681. The Kier molecular flexibility index (Phi) is 6.31. The van der Waals surface area contributed by atoms with Crippen LogP contribution in [0.5, 0.6) is 5.75 Å². The number of carbonyl (C=O) groups excluding carboxylic acids is 1. The molecule has 5 heteroatoms. The summed E-state index contributed by atoms with van der Waals surface area (Å²) in [6.07, 6.45) is 1.00. The van der Waals surface area contributed by atoms with Gasteiger partial charge in [-0.1, -0.05) is 40.9 Å². The second-order valence-corrected chi connectivity index (χ2v) is 6.30. The van der Waals surface area contributed by atoms with Gasteiger partial charge in [0.2, 0.25) is 5.91 Å². The molecule has 122 valence electrons. The van der Waals surface area contributed by atoms with Gasteiger partial charge in [0.1, 0.15) is 5.75 Å². The average molecular weight is 352 g/mol. The van der Waals surface area contributed by atoms with Gasteiger partial charge in [-0.3, -0.25) is 4.79 Å². The highest BCUT2D eigenvalue weighted by atomic mass is 35.5. The molecule has 0 atom stereocenters. The topological polar surface area (TPSA) is 38.3 Å². The van der Waals surface area contributed by atoms with Crippen LogP contribution in [0.4, 0.5) is 5.69 Å². The Labute approximate surface area is 146 Å². The summed E-state index contributed by atoms with van der Waals surface area (Å²) in [6, 6.07) is 11.0. The van der Waals surface area contributed by atoms with E-state index in [9.17, 15) is 4.79 Å². The van der Waals surface area contributed by atoms with Crippen LogP contribution in [-0.2, 0) is 4.79 Å². The van der Waals surface area contributed by atoms with Crippen molar-refractivity contribution in [2.45, 2.75) is 26.7 Å². The van der Waals surface area contributed by atoms with Crippen molar-refractivity contribution in [2.24, 2.45) is 0 Å². The Hall–Kier alpha value is -1.71. The summed E-state index contributed by atoms with van der Waals surface area (Å²) in [5.74, 6) is 0.769. The number of nitrogens with one attached hydrogen (secondary N) is 1. The molecular formula is C18H19Cl2NO2. The number of hydrogen-bond acceptors (Lipinski definition) is 2. The normalized spacial score (nSPS) is 10.4. The first-order valence-electron chi connectivity index (χ1n) is 7.40. The van der Waals surface area contributed by atoms with Gasteiger partial charge in [0, 0.05) is 22.2 Å². The lowest BCUT2D eigenvalue weighted by atomic mass is 10.1. The minimum atomic E-state index is -0.0902. The molecule has 1 amide bonds. The van der Waals surface area contributed by atoms with Crippen LogP contribution in [0.25, 0.3) is 0 Å². The monoisotopic (exact) mass is 351 g/mol. The van der Waals surface area contributed by atoms with Crippen molar-refractivity contribution in [3.63, 3.8) is 0 Å². The quantitative estimate of drug-likeness (QED) is 0.706. The molecule has 2 aromatic rings. The smallest absolute Gasteiger partial charge is 0.224 e. The molecule has 23 heavy (non-hydrogen) atoms. The standard InChI is InChI=1S/C18H19Cl2NO2/c1-12-5-6-17(13(2)8-12)23-7-3-4-18(22)21-16-10-14(19)9-15(20)11-16/h5-6,8-11H,3-4,7H2,1-2H3,(H,21,22). The molecule has 0 saturated carbocycles. The minimum Gasteiger partial charge on any atom is -0.493 e. The number of aryl methyl sites for hydroxylation is 2. The lowest BCUT2D eigenvalue weighted by Crippen LogP contribution is -2.13. The zero-order chi connectivity index (χ0) is 16.8. The van der Waals surface area contributed by atoms with Gasteiger partial charge in [-0.25, -0.2) is 0 Å². The van der Waals surface area contributed by atoms with Gasteiger partial charge >= 0.3 is 0 Å². The zero-order valence-corrected chi connectivity index (χ0v) is 14.7. The van der Waals surface area contributed by atoms with Gasteiger partial charge in [0.15, 0.2) is 0 Å². The molecule has 2 rings (SSSR count). The van der Waals surface area contributed by atoms with Crippen LogP contribution in [0, 0.1) is 13.8 Å². The number of benzene rings is 2. The van der Waals surface area contributed by atoms with Crippen molar-refractivity contribution in [1.29, 1.82) is 0 Å². The number of carbonyl (C=O) groups is 1. The third kappa shape index (κ3) is 5.77. The molecular weight excluding hydrogens is 333 g/mol. The van der Waals surface area contributed by atoms with Crippen molar-refractivity contribution in [2.75, 3.05) is 11.9 Å². The molecule has 2 aromatic carbocycles. The maximum absolute atomic E-state index is 11.9. The van der Waals surface area contributed by atoms with E-state index in [1.807, 2.05) is 26.0 Å². The van der Waals surface area contributed by atoms with E-state index < -0.39 is 0 Å². The molecule has 0 saturated heterocycles. The molecule has 0 bridgehead atoms.